The molecular weight excluding hydrogens is 357 g/mol. The monoisotopic (exact) mass is 383 g/mol. The third kappa shape index (κ3) is 7.14. The molecule has 0 saturated heterocycles. The Kier molecular flexibility index (Phi) is 9.91. The van der Waals surface area contributed by atoms with Gasteiger partial charge in [-0.15, -0.1) is 12.4 Å². The lowest BCUT2D eigenvalue weighted by Gasteiger charge is -2.16. The second-order valence-electron chi connectivity index (χ2n) is 6.21. The summed E-state index contributed by atoms with van der Waals surface area (Å²) in [5, 5.41) is 4.00. The second-order valence-corrected chi connectivity index (χ2v) is 6.21. The number of carbonyl (C=O) groups is 1. The molecule has 2 rings (SSSR count). The van der Waals surface area contributed by atoms with Crippen molar-refractivity contribution in [3.8, 4) is 11.3 Å². The molecule has 0 radical (unpaired) electrons. The van der Waals surface area contributed by atoms with Crippen LogP contribution in [0.15, 0.2) is 34.9 Å². The van der Waals surface area contributed by atoms with Gasteiger partial charge in [0.25, 0.3) is 0 Å². The van der Waals surface area contributed by atoms with Crippen LogP contribution >= 0.6 is 12.4 Å². The molecule has 0 atom stereocenters. The van der Waals surface area contributed by atoms with Crippen LogP contribution in [0.2, 0.25) is 0 Å². The van der Waals surface area contributed by atoms with E-state index < -0.39 is 0 Å². The first-order valence-electron chi connectivity index (χ1n) is 8.75. The van der Waals surface area contributed by atoms with Crippen molar-refractivity contribution in [1.82, 2.24) is 10.1 Å². The molecule has 5 nitrogen and oxygen atoms in total. The molecule has 7 heteroatoms. The zero-order valence-corrected chi connectivity index (χ0v) is 15.9. The van der Waals surface area contributed by atoms with Gasteiger partial charge in [0.05, 0.1) is 0 Å². The molecule has 144 valence electrons. The van der Waals surface area contributed by atoms with Crippen LogP contribution in [0.4, 0.5) is 4.39 Å². The molecule has 26 heavy (non-hydrogen) atoms. The standard InChI is InChI=1S/C19H26FN3O2.ClH/c1-23(19(24)10-6-11-21)12-4-2-3-9-17-14-18(22-25-17)15-7-5-8-16(20)13-15;/h5,7-8,13-14H,2-4,6,9-12,21H2,1H3;1H. The van der Waals surface area contributed by atoms with Crippen molar-refractivity contribution in [2.45, 2.75) is 38.5 Å². The molecule has 0 spiro atoms. The Morgan fingerprint density at radius 3 is 2.77 bits per heavy atom. The Morgan fingerprint density at radius 2 is 2.04 bits per heavy atom. The minimum atomic E-state index is -0.285. The summed E-state index contributed by atoms with van der Waals surface area (Å²) in [6, 6.07) is 8.17. The Labute approximate surface area is 160 Å². The average molecular weight is 384 g/mol. The van der Waals surface area contributed by atoms with Crippen LogP contribution in [0.5, 0.6) is 0 Å². The maximum Gasteiger partial charge on any atom is 0.222 e. The normalized spacial score (nSPS) is 10.4. The highest BCUT2D eigenvalue weighted by atomic mass is 35.5. The fourth-order valence-electron chi connectivity index (χ4n) is 2.61. The quantitative estimate of drug-likeness (QED) is 0.633. The van der Waals surface area contributed by atoms with Gasteiger partial charge in [-0.2, -0.15) is 0 Å². The maximum atomic E-state index is 13.2. The van der Waals surface area contributed by atoms with Gasteiger partial charge in [0.1, 0.15) is 17.3 Å². The van der Waals surface area contributed by atoms with E-state index in [1.165, 1.54) is 12.1 Å². The van der Waals surface area contributed by atoms with Gasteiger partial charge < -0.3 is 15.2 Å². The number of benzene rings is 1. The summed E-state index contributed by atoms with van der Waals surface area (Å²) in [6.45, 7) is 1.31. The average Bonchev–Trinajstić information content (AvgIpc) is 3.08. The van der Waals surface area contributed by atoms with Gasteiger partial charge in [0.15, 0.2) is 0 Å². The third-order valence-corrected chi connectivity index (χ3v) is 4.12. The summed E-state index contributed by atoms with van der Waals surface area (Å²) < 4.78 is 18.6. The zero-order valence-electron chi connectivity index (χ0n) is 15.1. The summed E-state index contributed by atoms with van der Waals surface area (Å²) in [5.74, 6) is 0.666. The predicted octanol–water partition coefficient (Wildman–Crippen LogP) is 3.81. The number of nitrogens with two attached hydrogens (primary N) is 1. The second kappa shape index (κ2) is 11.6. The molecule has 0 aliphatic carbocycles. The van der Waals surface area contributed by atoms with Crippen LogP contribution in [0.1, 0.15) is 37.9 Å². The van der Waals surface area contributed by atoms with Crippen LogP contribution in [-0.2, 0) is 11.2 Å². The topological polar surface area (TPSA) is 72.4 Å². The van der Waals surface area contributed by atoms with Crippen molar-refractivity contribution in [2.75, 3.05) is 20.1 Å². The van der Waals surface area contributed by atoms with Crippen LogP contribution in [-0.4, -0.2) is 36.1 Å². The number of hydrogen-bond donors (Lipinski definition) is 1. The Bertz CT molecular complexity index is 678. The number of amides is 1. The zero-order chi connectivity index (χ0) is 18.1. The van der Waals surface area contributed by atoms with E-state index in [-0.39, 0.29) is 24.1 Å². The molecule has 0 aliphatic rings. The van der Waals surface area contributed by atoms with Crippen LogP contribution in [0, 0.1) is 5.82 Å². The number of rotatable bonds is 10. The van der Waals surface area contributed by atoms with Crippen molar-refractivity contribution in [3.63, 3.8) is 0 Å². The number of hydrogen-bond acceptors (Lipinski definition) is 4. The molecule has 0 aliphatic heterocycles. The van der Waals surface area contributed by atoms with E-state index in [0.29, 0.717) is 24.2 Å². The summed E-state index contributed by atoms with van der Waals surface area (Å²) in [5.41, 5.74) is 6.78. The lowest BCUT2D eigenvalue weighted by molar-refractivity contribution is -0.130. The van der Waals surface area contributed by atoms with Gasteiger partial charge in [-0.05, 0) is 37.9 Å². The molecule has 1 aromatic heterocycles. The summed E-state index contributed by atoms with van der Waals surface area (Å²) in [4.78, 5) is 13.5. The molecular formula is C19H27ClFN3O2. The van der Waals surface area contributed by atoms with Gasteiger partial charge >= 0.3 is 0 Å². The highest BCUT2D eigenvalue weighted by Gasteiger charge is 2.09. The minimum absolute atomic E-state index is 0. The number of carbonyl (C=O) groups excluding carboxylic acids is 1. The minimum Gasteiger partial charge on any atom is -0.361 e. The summed E-state index contributed by atoms with van der Waals surface area (Å²) in [7, 11) is 1.83. The van der Waals surface area contributed by atoms with Crippen molar-refractivity contribution < 1.29 is 13.7 Å². The number of aryl methyl sites for hydroxylation is 1. The molecule has 0 unspecified atom stereocenters. The fraction of sp³-hybridized carbons (Fsp3) is 0.474. The predicted molar refractivity (Wildman–Crippen MR) is 103 cm³/mol. The molecule has 0 fully saturated rings. The van der Waals surface area contributed by atoms with E-state index >= 15 is 0 Å². The number of aromatic nitrogens is 1. The first-order chi connectivity index (χ1) is 12.1. The van der Waals surface area contributed by atoms with Gasteiger partial charge in [0, 0.05) is 38.1 Å². The van der Waals surface area contributed by atoms with Crippen molar-refractivity contribution in [2.24, 2.45) is 5.73 Å². The first-order valence-corrected chi connectivity index (χ1v) is 8.75. The number of halogens is 2. The Hall–Kier alpha value is -1.92. The van der Waals surface area contributed by atoms with E-state index in [1.807, 2.05) is 19.2 Å². The smallest absolute Gasteiger partial charge is 0.222 e. The van der Waals surface area contributed by atoms with Crippen molar-refractivity contribution in [3.05, 3.63) is 41.9 Å². The lowest BCUT2D eigenvalue weighted by Crippen LogP contribution is -2.28. The van der Waals surface area contributed by atoms with Gasteiger partial charge in [-0.1, -0.05) is 23.7 Å². The van der Waals surface area contributed by atoms with Crippen molar-refractivity contribution >= 4 is 18.3 Å². The van der Waals surface area contributed by atoms with Crippen molar-refractivity contribution in [1.29, 1.82) is 0 Å². The Morgan fingerprint density at radius 1 is 1.23 bits per heavy atom. The summed E-state index contributed by atoms with van der Waals surface area (Å²) in [6.07, 6.45) is 4.96. The fourth-order valence-corrected chi connectivity index (χ4v) is 2.61. The highest BCUT2D eigenvalue weighted by Crippen LogP contribution is 2.20. The van der Waals surface area contributed by atoms with E-state index in [4.69, 9.17) is 10.3 Å². The van der Waals surface area contributed by atoms with Crippen LogP contribution < -0.4 is 5.73 Å². The largest absolute Gasteiger partial charge is 0.361 e. The lowest BCUT2D eigenvalue weighted by atomic mass is 10.1. The highest BCUT2D eigenvalue weighted by molar-refractivity contribution is 5.85. The molecule has 1 aromatic carbocycles. The number of unbranched alkanes of at least 4 members (excludes halogenated alkanes) is 2. The maximum absolute atomic E-state index is 13.2. The van der Waals surface area contributed by atoms with E-state index in [1.54, 1.807) is 11.0 Å². The summed E-state index contributed by atoms with van der Waals surface area (Å²) >= 11 is 0. The number of nitrogens with zero attached hydrogens (tertiary/aromatic N) is 2. The van der Waals surface area contributed by atoms with Gasteiger partial charge in [-0.3, -0.25) is 4.79 Å². The molecule has 0 saturated carbocycles. The molecule has 2 N–H and O–H groups in total. The molecule has 1 heterocycles. The molecule has 1 amide bonds. The van der Waals surface area contributed by atoms with Crippen LogP contribution in [0.25, 0.3) is 11.3 Å². The van der Waals surface area contributed by atoms with E-state index in [0.717, 1.165) is 44.4 Å². The third-order valence-electron chi connectivity index (χ3n) is 4.12. The van der Waals surface area contributed by atoms with Gasteiger partial charge in [-0.25, -0.2) is 4.39 Å². The Balaban J connectivity index is 0.00000338. The first kappa shape index (κ1) is 22.1. The van der Waals surface area contributed by atoms with E-state index in [9.17, 15) is 9.18 Å². The molecule has 0 bridgehead atoms. The van der Waals surface area contributed by atoms with E-state index in [2.05, 4.69) is 5.16 Å². The van der Waals surface area contributed by atoms with Crippen LogP contribution in [0.3, 0.4) is 0 Å². The molecule has 2 aromatic rings. The van der Waals surface area contributed by atoms with Gasteiger partial charge in [0.2, 0.25) is 5.91 Å². The SMILES string of the molecule is CN(CCCCCc1cc(-c2cccc(F)c2)no1)C(=O)CCCN.Cl.